The number of carbonyl (C=O) groups excluding carboxylic acids is 1. The Balaban J connectivity index is 0.00000196. The SMILES string of the molecule is COC(=O)c1cc(-c2nc3c([nH]2)CCCNC3)c(C2CCC2)cc1C.Cl. The second-order valence-corrected chi connectivity index (χ2v) is 7.16. The van der Waals surface area contributed by atoms with Gasteiger partial charge in [-0.15, -0.1) is 12.4 Å². The molecule has 0 spiro atoms. The number of nitrogens with one attached hydrogen (secondary N) is 2. The van der Waals surface area contributed by atoms with E-state index in [4.69, 9.17) is 9.72 Å². The van der Waals surface area contributed by atoms with Crippen molar-refractivity contribution in [1.29, 1.82) is 0 Å². The normalized spacial score (nSPS) is 16.8. The van der Waals surface area contributed by atoms with Crippen molar-refractivity contribution < 1.29 is 9.53 Å². The minimum atomic E-state index is -0.284. The number of hydrogen-bond donors (Lipinski definition) is 2. The summed E-state index contributed by atoms with van der Waals surface area (Å²) in [5.41, 5.74) is 6.31. The lowest BCUT2D eigenvalue weighted by Crippen LogP contribution is -2.13. The number of halogens is 1. The van der Waals surface area contributed by atoms with Crippen molar-refractivity contribution in [2.24, 2.45) is 0 Å². The standard InChI is InChI=1S/C20H25N3O2.ClH/c1-12-9-15(13-5-3-6-13)16(10-14(12)20(24)25-2)19-22-17-7-4-8-21-11-18(17)23-19;/h9-10,13,21H,3-8,11H2,1-2H3,(H,22,23);1H. The third-order valence-electron chi connectivity index (χ3n) is 5.54. The number of methoxy groups -OCH3 is 1. The van der Waals surface area contributed by atoms with Gasteiger partial charge in [0.25, 0.3) is 0 Å². The van der Waals surface area contributed by atoms with Gasteiger partial charge in [0.05, 0.1) is 18.4 Å². The monoisotopic (exact) mass is 375 g/mol. The van der Waals surface area contributed by atoms with E-state index in [9.17, 15) is 4.79 Å². The van der Waals surface area contributed by atoms with Crippen molar-refractivity contribution in [3.8, 4) is 11.4 Å². The molecule has 2 aromatic rings. The van der Waals surface area contributed by atoms with E-state index in [-0.39, 0.29) is 18.4 Å². The van der Waals surface area contributed by atoms with Crippen LogP contribution >= 0.6 is 12.4 Å². The Morgan fingerprint density at radius 3 is 2.77 bits per heavy atom. The van der Waals surface area contributed by atoms with Crippen LogP contribution in [0.3, 0.4) is 0 Å². The van der Waals surface area contributed by atoms with Crippen LogP contribution in [0.2, 0.25) is 0 Å². The fraction of sp³-hybridized carbons (Fsp3) is 0.500. The van der Waals surface area contributed by atoms with E-state index < -0.39 is 0 Å². The predicted molar refractivity (Wildman–Crippen MR) is 104 cm³/mol. The minimum Gasteiger partial charge on any atom is -0.465 e. The maximum atomic E-state index is 12.2. The Morgan fingerprint density at radius 2 is 2.08 bits per heavy atom. The van der Waals surface area contributed by atoms with Crippen molar-refractivity contribution in [2.75, 3.05) is 13.7 Å². The van der Waals surface area contributed by atoms with Crippen LogP contribution in [-0.4, -0.2) is 29.6 Å². The molecule has 0 radical (unpaired) electrons. The lowest BCUT2D eigenvalue weighted by molar-refractivity contribution is 0.0600. The molecule has 26 heavy (non-hydrogen) atoms. The lowest BCUT2D eigenvalue weighted by atomic mass is 9.77. The van der Waals surface area contributed by atoms with Gasteiger partial charge in [-0.2, -0.15) is 0 Å². The van der Waals surface area contributed by atoms with Gasteiger partial charge in [0.1, 0.15) is 5.82 Å². The Kier molecular flexibility index (Phi) is 5.68. The molecule has 0 saturated heterocycles. The molecule has 1 aliphatic carbocycles. The zero-order valence-corrected chi connectivity index (χ0v) is 16.2. The molecule has 1 aromatic carbocycles. The van der Waals surface area contributed by atoms with E-state index in [1.165, 1.54) is 37.6 Å². The van der Waals surface area contributed by atoms with E-state index in [1.807, 2.05) is 13.0 Å². The van der Waals surface area contributed by atoms with E-state index in [1.54, 1.807) is 0 Å². The fourth-order valence-electron chi connectivity index (χ4n) is 3.85. The summed E-state index contributed by atoms with van der Waals surface area (Å²) in [6.45, 7) is 3.82. The number of ether oxygens (including phenoxy) is 1. The molecule has 140 valence electrons. The summed E-state index contributed by atoms with van der Waals surface area (Å²) in [7, 11) is 1.43. The van der Waals surface area contributed by atoms with Gasteiger partial charge in [0.15, 0.2) is 0 Å². The Hall–Kier alpha value is -1.85. The third kappa shape index (κ3) is 3.38. The van der Waals surface area contributed by atoms with Gasteiger partial charge in [-0.1, -0.05) is 12.5 Å². The highest BCUT2D eigenvalue weighted by atomic mass is 35.5. The Bertz CT molecular complexity index is 788. The third-order valence-corrected chi connectivity index (χ3v) is 5.54. The molecule has 2 aliphatic rings. The van der Waals surface area contributed by atoms with E-state index >= 15 is 0 Å². The number of rotatable bonds is 3. The topological polar surface area (TPSA) is 67.0 Å². The molecule has 1 saturated carbocycles. The van der Waals surface area contributed by atoms with Crippen molar-refractivity contribution in [2.45, 2.75) is 51.5 Å². The fourth-order valence-corrected chi connectivity index (χ4v) is 3.85. The molecular formula is C20H26ClN3O2. The van der Waals surface area contributed by atoms with Gasteiger partial charge in [-0.25, -0.2) is 9.78 Å². The number of aromatic nitrogens is 2. The smallest absolute Gasteiger partial charge is 0.338 e. The average molecular weight is 376 g/mol. The summed E-state index contributed by atoms with van der Waals surface area (Å²) in [5.74, 6) is 1.18. The van der Waals surface area contributed by atoms with Crippen LogP contribution in [0.25, 0.3) is 11.4 Å². The number of imidazole rings is 1. The summed E-state index contributed by atoms with van der Waals surface area (Å²) in [6, 6.07) is 4.14. The number of benzene rings is 1. The number of fused-ring (bicyclic) bond motifs is 1. The van der Waals surface area contributed by atoms with E-state index in [0.29, 0.717) is 11.5 Å². The van der Waals surface area contributed by atoms with Crippen molar-refractivity contribution >= 4 is 18.4 Å². The quantitative estimate of drug-likeness (QED) is 0.798. The highest BCUT2D eigenvalue weighted by molar-refractivity contribution is 5.93. The molecule has 1 aliphatic heterocycles. The molecular weight excluding hydrogens is 350 g/mol. The number of carbonyl (C=O) groups is 1. The summed E-state index contributed by atoms with van der Waals surface area (Å²) in [6.07, 6.45) is 5.84. The van der Waals surface area contributed by atoms with E-state index in [0.717, 1.165) is 48.6 Å². The van der Waals surface area contributed by atoms with Crippen molar-refractivity contribution in [3.05, 3.63) is 40.2 Å². The second kappa shape index (κ2) is 7.80. The Morgan fingerprint density at radius 1 is 1.27 bits per heavy atom. The van der Waals surface area contributed by atoms with Gasteiger partial charge in [0.2, 0.25) is 0 Å². The molecule has 2 N–H and O–H groups in total. The van der Waals surface area contributed by atoms with Crippen LogP contribution in [0.4, 0.5) is 0 Å². The van der Waals surface area contributed by atoms with Crippen LogP contribution < -0.4 is 5.32 Å². The predicted octanol–water partition coefficient (Wildman–Crippen LogP) is 3.90. The zero-order valence-electron chi connectivity index (χ0n) is 15.4. The number of esters is 1. The lowest BCUT2D eigenvalue weighted by Gasteiger charge is -2.28. The van der Waals surface area contributed by atoms with Crippen LogP contribution in [-0.2, 0) is 17.7 Å². The van der Waals surface area contributed by atoms with Crippen molar-refractivity contribution in [1.82, 2.24) is 15.3 Å². The van der Waals surface area contributed by atoms with Crippen LogP contribution in [0.1, 0.15) is 64.5 Å². The number of hydrogen-bond acceptors (Lipinski definition) is 4. The zero-order chi connectivity index (χ0) is 17.4. The number of aromatic amines is 1. The van der Waals surface area contributed by atoms with Gasteiger partial charge >= 0.3 is 5.97 Å². The first-order valence-electron chi connectivity index (χ1n) is 9.19. The molecule has 4 rings (SSSR count). The summed E-state index contributed by atoms with van der Waals surface area (Å²) < 4.78 is 4.97. The number of aryl methyl sites for hydroxylation is 2. The van der Waals surface area contributed by atoms with Gasteiger partial charge < -0.3 is 15.0 Å². The summed E-state index contributed by atoms with van der Waals surface area (Å²) in [5, 5.41) is 3.42. The molecule has 5 nitrogen and oxygen atoms in total. The summed E-state index contributed by atoms with van der Waals surface area (Å²) in [4.78, 5) is 20.6. The highest BCUT2D eigenvalue weighted by Gasteiger charge is 2.26. The number of nitrogens with zero attached hydrogens (tertiary/aromatic N) is 1. The molecule has 0 unspecified atom stereocenters. The second-order valence-electron chi connectivity index (χ2n) is 7.16. The van der Waals surface area contributed by atoms with E-state index in [2.05, 4.69) is 16.4 Å². The van der Waals surface area contributed by atoms with Gasteiger partial charge in [0, 0.05) is 17.8 Å². The molecule has 0 atom stereocenters. The Labute approximate surface area is 160 Å². The van der Waals surface area contributed by atoms with Crippen LogP contribution in [0.5, 0.6) is 0 Å². The molecule has 6 heteroatoms. The van der Waals surface area contributed by atoms with Crippen LogP contribution in [0.15, 0.2) is 12.1 Å². The molecule has 2 heterocycles. The average Bonchev–Trinajstić information content (AvgIpc) is 2.83. The number of H-pyrrole nitrogens is 1. The first-order chi connectivity index (χ1) is 12.2. The molecule has 0 bridgehead atoms. The van der Waals surface area contributed by atoms with Gasteiger partial charge in [-0.05, 0) is 62.3 Å². The molecule has 1 fully saturated rings. The largest absolute Gasteiger partial charge is 0.465 e. The molecule has 0 amide bonds. The maximum absolute atomic E-state index is 12.2. The minimum absolute atomic E-state index is 0. The van der Waals surface area contributed by atoms with Gasteiger partial charge in [-0.3, -0.25) is 0 Å². The highest BCUT2D eigenvalue weighted by Crippen LogP contribution is 2.42. The first-order valence-corrected chi connectivity index (χ1v) is 9.19. The van der Waals surface area contributed by atoms with Crippen LogP contribution in [0, 0.1) is 6.92 Å². The summed E-state index contributed by atoms with van der Waals surface area (Å²) >= 11 is 0. The first kappa shape index (κ1) is 18.9. The molecule has 1 aromatic heterocycles. The van der Waals surface area contributed by atoms with Crippen molar-refractivity contribution in [3.63, 3.8) is 0 Å². The maximum Gasteiger partial charge on any atom is 0.338 e.